The Morgan fingerprint density at radius 1 is 1.25 bits per heavy atom. The highest BCUT2D eigenvalue weighted by Crippen LogP contribution is 2.31. The first-order chi connectivity index (χ1) is 15.3. The molecule has 32 heavy (non-hydrogen) atoms. The van der Waals surface area contributed by atoms with Crippen molar-refractivity contribution in [1.82, 2.24) is 20.9 Å². The molecular weight excluding hydrogens is 406 g/mol. The third-order valence-corrected chi connectivity index (χ3v) is 6.00. The SMILES string of the molecule is CN[C@@H](C)C(=O)N[C@@H]1C(=O)N2C(C)=C(/C=C\C=NC1C)C[C@H]2CNC(=O)c1ccccc1. The number of rotatable bonds is 6. The largest absolute Gasteiger partial charge is 0.350 e. The Morgan fingerprint density at radius 2 is 1.97 bits per heavy atom. The quantitative estimate of drug-likeness (QED) is 0.626. The van der Waals surface area contributed by atoms with Crippen molar-refractivity contribution in [2.75, 3.05) is 13.6 Å². The van der Waals surface area contributed by atoms with Gasteiger partial charge in [-0.25, -0.2) is 0 Å². The molecule has 1 aromatic carbocycles. The van der Waals surface area contributed by atoms with Crippen molar-refractivity contribution in [2.45, 2.75) is 51.4 Å². The Morgan fingerprint density at radius 3 is 2.66 bits per heavy atom. The number of amides is 3. The molecule has 2 aliphatic heterocycles. The molecule has 0 spiro atoms. The summed E-state index contributed by atoms with van der Waals surface area (Å²) in [5.41, 5.74) is 2.40. The van der Waals surface area contributed by atoms with E-state index in [0.29, 0.717) is 18.5 Å². The number of hydrogen-bond acceptors (Lipinski definition) is 5. The summed E-state index contributed by atoms with van der Waals surface area (Å²) >= 11 is 0. The van der Waals surface area contributed by atoms with E-state index in [0.717, 1.165) is 11.3 Å². The number of likely N-dealkylation sites (N-methyl/N-ethyl adjacent to an activating group) is 1. The Hall–Kier alpha value is -3.26. The fourth-order valence-corrected chi connectivity index (χ4v) is 3.90. The van der Waals surface area contributed by atoms with Crippen LogP contribution >= 0.6 is 0 Å². The number of aliphatic imine (C=N–C) groups is 1. The van der Waals surface area contributed by atoms with Crippen molar-refractivity contribution in [3.05, 3.63) is 59.3 Å². The van der Waals surface area contributed by atoms with Crippen molar-refractivity contribution < 1.29 is 14.4 Å². The van der Waals surface area contributed by atoms with Gasteiger partial charge in [0.2, 0.25) is 5.91 Å². The van der Waals surface area contributed by atoms with Crippen LogP contribution in [0.5, 0.6) is 0 Å². The zero-order valence-electron chi connectivity index (χ0n) is 19.0. The minimum Gasteiger partial charge on any atom is -0.350 e. The van der Waals surface area contributed by atoms with Gasteiger partial charge in [0, 0.05) is 24.0 Å². The second-order valence-corrected chi connectivity index (χ2v) is 8.15. The zero-order valence-corrected chi connectivity index (χ0v) is 19.0. The summed E-state index contributed by atoms with van der Waals surface area (Å²) in [6.45, 7) is 5.74. The minimum absolute atomic E-state index is 0.187. The van der Waals surface area contributed by atoms with Crippen LogP contribution in [0.2, 0.25) is 0 Å². The van der Waals surface area contributed by atoms with E-state index in [4.69, 9.17) is 0 Å². The van der Waals surface area contributed by atoms with Crippen LogP contribution in [-0.2, 0) is 9.59 Å². The van der Waals surface area contributed by atoms with Crippen molar-refractivity contribution in [2.24, 2.45) is 4.99 Å². The van der Waals surface area contributed by atoms with Gasteiger partial charge < -0.3 is 20.9 Å². The molecule has 2 bridgehead atoms. The lowest BCUT2D eigenvalue weighted by molar-refractivity contribution is -0.136. The van der Waals surface area contributed by atoms with E-state index < -0.39 is 18.1 Å². The van der Waals surface area contributed by atoms with Crippen molar-refractivity contribution in [1.29, 1.82) is 0 Å². The van der Waals surface area contributed by atoms with Crippen molar-refractivity contribution in [3.63, 3.8) is 0 Å². The van der Waals surface area contributed by atoms with E-state index >= 15 is 0 Å². The van der Waals surface area contributed by atoms with Gasteiger partial charge in [-0.15, -0.1) is 0 Å². The van der Waals surface area contributed by atoms with Crippen LogP contribution in [0.4, 0.5) is 0 Å². The molecule has 0 radical (unpaired) electrons. The van der Waals surface area contributed by atoms with E-state index in [-0.39, 0.29) is 23.8 Å². The van der Waals surface area contributed by atoms with Crippen molar-refractivity contribution >= 4 is 23.9 Å². The molecule has 0 saturated carbocycles. The Labute approximate surface area is 188 Å². The summed E-state index contributed by atoms with van der Waals surface area (Å²) in [5.74, 6) is -0.683. The number of nitrogens with one attached hydrogen (secondary N) is 3. The van der Waals surface area contributed by atoms with Crippen LogP contribution in [-0.4, -0.2) is 66.6 Å². The highest BCUT2D eigenvalue weighted by molar-refractivity contribution is 5.94. The summed E-state index contributed by atoms with van der Waals surface area (Å²) in [6, 6.07) is 7.02. The van der Waals surface area contributed by atoms with E-state index in [2.05, 4.69) is 20.9 Å². The molecule has 4 atom stereocenters. The third kappa shape index (κ3) is 5.13. The second-order valence-electron chi connectivity index (χ2n) is 8.15. The van der Waals surface area contributed by atoms with Gasteiger partial charge in [0.15, 0.2) is 0 Å². The van der Waals surface area contributed by atoms with E-state index in [1.54, 1.807) is 44.1 Å². The maximum atomic E-state index is 13.7. The van der Waals surface area contributed by atoms with Gasteiger partial charge in [0.25, 0.3) is 11.8 Å². The number of fused-ring (bicyclic) bond motifs is 1. The van der Waals surface area contributed by atoms with Crippen LogP contribution in [0.15, 0.2) is 58.7 Å². The predicted molar refractivity (Wildman–Crippen MR) is 124 cm³/mol. The minimum atomic E-state index is -0.817. The molecule has 3 N–H and O–H groups in total. The fourth-order valence-electron chi connectivity index (χ4n) is 3.90. The second kappa shape index (κ2) is 10.4. The average Bonchev–Trinajstić information content (AvgIpc) is 3.11. The first kappa shape index (κ1) is 23.4. The number of nitrogens with zero attached hydrogens (tertiary/aromatic N) is 2. The molecule has 8 nitrogen and oxygen atoms in total. The molecular formula is C24H31N5O3. The summed E-state index contributed by atoms with van der Waals surface area (Å²) in [5, 5.41) is 8.70. The molecule has 170 valence electrons. The zero-order chi connectivity index (χ0) is 23.3. The Bertz CT molecular complexity index is 954. The van der Waals surface area contributed by atoms with Gasteiger partial charge >= 0.3 is 0 Å². The van der Waals surface area contributed by atoms with Crippen LogP contribution in [0.1, 0.15) is 37.6 Å². The Balaban J connectivity index is 1.83. The Kier molecular flexibility index (Phi) is 7.58. The first-order valence-corrected chi connectivity index (χ1v) is 10.9. The predicted octanol–water partition coefficient (Wildman–Crippen LogP) is 1.41. The lowest BCUT2D eigenvalue weighted by Gasteiger charge is -2.33. The van der Waals surface area contributed by atoms with Gasteiger partial charge in [0.1, 0.15) is 6.04 Å². The lowest BCUT2D eigenvalue weighted by Crippen LogP contribution is -2.57. The van der Waals surface area contributed by atoms with Crippen LogP contribution in [0, 0.1) is 0 Å². The normalized spacial score (nSPS) is 24.8. The summed E-state index contributed by atoms with van der Waals surface area (Å²) in [4.78, 5) is 44.9. The topological polar surface area (TPSA) is 103 Å². The maximum Gasteiger partial charge on any atom is 0.251 e. The van der Waals surface area contributed by atoms with Crippen LogP contribution in [0.3, 0.4) is 0 Å². The molecule has 1 unspecified atom stereocenters. The highest BCUT2D eigenvalue weighted by atomic mass is 16.2. The van der Waals surface area contributed by atoms with Gasteiger partial charge in [-0.05, 0) is 58.0 Å². The molecule has 3 rings (SSSR count). The number of hydrogen-bond donors (Lipinski definition) is 3. The van der Waals surface area contributed by atoms with Gasteiger partial charge in [-0.1, -0.05) is 24.3 Å². The monoisotopic (exact) mass is 437 g/mol. The molecule has 1 aromatic rings. The van der Waals surface area contributed by atoms with E-state index in [1.807, 2.05) is 37.3 Å². The lowest BCUT2D eigenvalue weighted by atomic mass is 10.1. The average molecular weight is 438 g/mol. The van der Waals surface area contributed by atoms with Crippen molar-refractivity contribution in [3.8, 4) is 0 Å². The number of allylic oxidation sites excluding steroid dienone is 3. The van der Waals surface area contributed by atoms with Gasteiger partial charge in [-0.2, -0.15) is 0 Å². The summed E-state index contributed by atoms with van der Waals surface area (Å²) in [7, 11) is 1.69. The molecule has 2 heterocycles. The number of carbonyl (C=O) groups excluding carboxylic acids is 3. The standard InChI is InChI=1S/C24H31N5O3/c1-15-21(28-22(30)16(2)25-4)24(32)29-17(3)19(11-8-12-26-15)13-20(29)14-27-23(31)18-9-6-5-7-10-18/h5-12,15-16,20-21,25H,13-14H2,1-4H3,(H,27,31)(H,28,30)/b11-8-,26-12?/t15?,16-,20-,21-/m0/s1. The van der Waals surface area contributed by atoms with Crippen LogP contribution < -0.4 is 16.0 Å². The molecule has 2 aliphatic rings. The molecule has 0 fully saturated rings. The van der Waals surface area contributed by atoms with Gasteiger partial charge in [-0.3, -0.25) is 19.4 Å². The maximum absolute atomic E-state index is 13.7. The fraction of sp³-hybridized carbons (Fsp3) is 0.417. The third-order valence-electron chi connectivity index (χ3n) is 6.00. The smallest absolute Gasteiger partial charge is 0.251 e. The number of carbonyl (C=O) groups is 3. The number of benzene rings is 1. The van der Waals surface area contributed by atoms with E-state index in [1.165, 1.54) is 0 Å². The molecule has 0 saturated heterocycles. The molecule has 0 aromatic heterocycles. The van der Waals surface area contributed by atoms with Crippen LogP contribution in [0.25, 0.3) is 0 Å². The molecule has 3 amide bonds. The van der Waals surface area contributed by atoms with Gasteiger partial charge in [0.05, 0.1) is 18.1 Å². The summed E-state index contributed by atoms with van der Waals surface area (Å²) < 4.78 is 0. The summed E-state index contributed by atoms with van der Waals surface area (Å²) in [6.07, 6.45) is 6.08. The van der Waals surface area contributed by atoms with E-state index in [9.17, 15) is 14.4 Å². The first-order valence-electron chi connectivity index (χ1n) is 10.9. The highest BCUT2D eigenvalue weighted by Gasteiger charge is 2.39. The molecule has 0 aliphatic carbocycles. The molecule has 8 heteroatoms.